The van der Waals surface area contributed by atoms with Crippen LogP contribution in [0, 0.1) is 5.82 Å². The number of nitrogens with zero attached hydrogens (tertiary/aromatic N) is 2. The summed E-state index contributed by atoms with van der Waals surface area (Å²) < 4.78 is 19.7. The van der Waals surface area contributed by atoms with Crippen molar-refractivity contribution in [2.24, 2.45) is 0 Å². The molecule has 0 bridgehead atoms. The highest BCUT2D eigenvalue weighted by Crippen LogP contribution is 2.17. The quantitative estimate of drug-likeness (QED) is 0.365. The van der Waals surface area contributed by atoms with Crippen LogP contribution in [-0.2, 0) is 19.4 Å². The number of amides is 1. The Morgan fingerprint density at radius 1 is 1.15 bits per heavy atom. The number of nitrogens with one attached hydrogen (secondary N) is 2. The standard InChI is InChI=1S/C25H31FN4O3/c1-3-19-15-20(33-29-19)16-27-17-24(31)23(14-18-10-6-5-7-11-18)30(28-4-2)25(32)21-12-8-9-13-22(21)26/h5-13,15,23-24,27-28,31H,3-4,14,16-17H2,1-2H3/t23-,24+/m0/s1. The molecule has 33 heavy (non-hydrogen) atoms. The van der Waals surface area contributed by atoms with E-state index in [2.05, 4.69) is 15.9 Å². The van der Waals surface area contributed by atoms with Gasteiger partial charge in [0.15, 0.2) is 5.76 Å². The molecular weight excluding hydrogens is 423 g/mol. The van der Waals surface area contributed by atoms with Gasteiger partial charge in [-0.25, -0.2) is 9.82 Å². The second-order valence-electron chi connectivity index (χ2n) is 7.76. The van der Waals surface area contributed by atoms with Crippen LogP contribution in [0.1, 0.15) is 41.2 Å². The molecule has 1 heterocycles. The van der Waals surface area contributed by atoms with E-state index >= 15 is 0 Å². The number of carbonyl (C=O) groups excluding carboxylic acids is 1. The maximum atomic E-state index is 14.4. The molecule has 7 nitrogen and oxygen atoms in total. The first kappa shape index (κ1) is 24.6. The Bertz CT molecular complexity index is 1010. The van der Waals surface area contributed by atoms with E-state index in [9.17, 15) is 14.3 Å². The molecule has 1 amide bonds. The molecule has 176 valence electrons. The van der Waals surface area contributed by atoms with Gasteiger partial charge in [0, 0.05) is 19.2 Å². The zero-order valence-corrected chi connectivity index (χ0v) is 19.0. The predicted molar refractivity (Wildman–Crippen MR) is 124 cm³/mol. The molecule has 2 aromatic carbocycles. The fourth-order valence-corrected chi connectivity index (χ4v) is 3.61. The SMILES string of the molecule is CCNN(C(=O)c1ccccc1F)[C@@H](Cc1ccccc1)[C@H](O)CNCc1cc(CC)no1. The normalized spacial score (nSPS) is 13.0. The summed E-state index contributed by atoms with van der Waals surface area (Å²) in [5, 5.41) is 19.6. The first-order valence-electron chi connectivity index (χ1n) is 11.2. The number of halogens is 1. The predicted octanol–water partition coefficient (Wildman–Crippen LogP) is 3.10. The van der Waals surface area contributed by atoms with E-state index in [1.807, 2.05) is 50.2 Å². The minimum atomic E-state index is -0.937. The molecule has 0 aliphatic heterocycles. The summed E-state index contributed by atoms with van der Waals surface area (Å²) >= 11 is 0. The Kier molecular flexibility index (Phi) is 9.12. The van der Waals surface area contributed by atoms with Gasteiger partial charge in [-0.15, -0.1) is 0 Å². The van der Waals surface area contributed by atoms with Gasteiger partial charge in [-0.2, -0.15) is 0 Å². The molecule has 0 radical (unpaired) electrons. The lowest BCUT2D eigenvalue weighted by atomic mass is 9.99. The lowest BCUT2D eigenvalue weighted by Gasteiger charge is -2.35. The van der Waals surface area contributed by atoms with Crippen molar-refractivity contribution >= 4 is 5.91 Å². The molecule has 3 N–H and O–H groups in total. The van der Waals surface area contributed by atoms with Crippen molar-refractivity contribution in [2.45, 2.75) is 45.4 Å². The average molecular weight is 455 g/mol. The van der Waals surface area contributed by atoms with Gasteiger partial charge in [0.05, 0.1) is 29.9 Å². The molecule has 1 aromatic heterocycles. The van der Waals surface area contributed by atoms with E-state index in [-0.39, 0.29) is 12.1 Å². The van der Waals surface area contributed by atoms with E-state index in [1.54, 1.807) is 6.07 Å². The highest BCUT2D eigenvalue weighted by molar-refractivity contribution is 5.94. The van der Waals surface area contributed by atoms with Gasteiger partial charge in [-0.3, -0.25) is 9.80 Å². The Morgan fingerprint density at radius 2 is 1.88 bits per heavy atom. The molecule has 3 rings (SSSR count). The number of aliphatic hydroxyl groups is 1. The molecule has 0 spiro atoms. The summed E-state index contributed by atoms with van der Waals surface area (Å²) in [6.07, 6.45) is 0.230. The van der Waals surface area contributed by atoms with Crippen LogP contribution in [0.4, 0.5) is 4.39 Å². The third-order valence-corrected chi connectivity index (χ3v) is 5.34. The number of aliphatic hydroxyl groups excluding tert-OH is 1. The third-order valence-electron chi connectivity index (χ3n) is 5.34. The molecule has 0 saturated carbocycles. The topological polar surface area (TPSA) is 90.6 Å². The summed E-state index contributed by atoms with van der Waals surface area (Å²) in [6.45, 7) is 4.87. The van der Waals surface area contributed by atoms with Crippen molar-refractivity contribution in [3.63, 3.8) is 0 Å². The monoisotopic (exact) mass is 454 g/mol. The number of carbonyl (C=O) groups is 1. The number of hydrazine groups is 1. The van der Waals surface area contributed by atoms with Gasteiger partial charge in [-0.05, 0) is 30.5 Å². The van der Waals surface area contributed by atoms with Crippen LogP contribution in [0.3, 0.4) is 0 Å². The van der Waals surface area contributed by atoms with Gasteiger partial charge in [-0.1, -0.05) is 61.5 Å². The number of hydrogen-bond donors (Lipinski definition) is 3. The Hall–Kier alpha value is -3.07. The summed E-state index contributed by atoms with van der Waals surface area (Å²) in [5.41, 5.74) is 4.80. The van der Waals surface area contributed by atoms with Crippen molar-refractivity contribution in [1.29, 1.82) is 0 Å². The van der Waals surface area contributed by atoms with Crippen LogP contribution < -0.4 is 10.7 Å². The average Bonchev–Trinajstić information content (AvgIpc) is 3.30. The molecule has 0 fully saturated rings. The largest absolute Gasteiger partial charge is 0.390 e. The summed E-state index contributed by atoms with van der Waals surface area (Å²) in [5.74, 6) is -0.462. The molecule has 0 aliphatic rings. The fraction of sp³-hybridized carbons (Fsp3) is 0.360. The Balaban J connectivity index is 1.79. The van der Waals surface area contributed by atoms with Gasteiger partial charge >= 0.3 is 0 Å². The van der Waals surface area contributed by atoms with E-state index in [1.165, 1.54) is 23.2 Å². The number of benzene rings is 2. The zero-order chi connectivity index (χ0) is 23.6. The number of rotatable bonds is 12. The van der Waals surface area contributed by atoms with Crippen molar-refractivity contribution in [2.75, 3.05) is 13.1 Å². The maximum Gasteiger partial charge on any atom is 0.271 e. The van der Waals surface area contributed by atoms with Crippen LogP contribution >= 0.6 is 0 Å². The smallest absolute Gasteiger partial charge is 0.271 e. The summed E-state index contributed by atoms with van der Waals surface area (Å²) in [4.78, 5) is 13.3. The lowest BCUT2D eigenvalue weighted by Crippen LogP contribution is -2.57. The van der Waals surface area contributed by atoms with E-state index in [0.29, 0.717) is 25.3 Å². The maximum absolute atomic E-state index is 14.4. The second-order valence-corrected chi connectivity index (χ2v) is 7.76. The van der Waals surface area contributed by atoms with Crippen LogP contribution in [0.2, 0.25) is 0 Å². The number of aryl methyl sites for hydroxylation is 1. The Morgan fingerprint density at radius 3 is 2.55 bits per heavy atom. The summed E-state index contributed by atoms with van der Waals surface area (Å²) in [7, 11) is 0. The number of aromatic nitrogens is 1. The van der Waals surface area contributed by atoms with Crippen molar-refractivity contribution in [1.82, 2.24) is 20.9 Å². The minimum Gasteiger partial charge on any atom is -0.390 e. The van der Waals surface area contributed by atoms with E-state index < -0.39 is 23.9 Å². The molecule has 2 atom stereocenters. The Labute approximate surface area is 193 Å². The van der Waals surface area contributed by atoms with Gasteiger partial charge in [0.1, 0.15) is 5.82 Å². The molecule has 0 aliphatic carbocycles. The van der Waals surface area contributed by atoms with E-state index in [4.69, 9.17) is 4.52 Å². The zero-order valence-electron chi connectivity index (χ0n) is 19.0. The molecule has 0 unspecified atom stereocenters. The molecule has 0 saturated heterocycles. The molecule has 3 aromatic rings. The van der Waals surface area contributed by atoms with Crippen LogP contribution in [0.15, 0.2) is 65.2 Å². The van der Waals surface area contributed by atoms with Crippen molar-refractivity contribution in [3.8, 4) is 0 Å². The minimum absolute atomic E-state index is 0.0505. The highest BCUT2D eigenvalue weighted by Gasteiger charge is 2.31. The van der Waals surface area contributed by atoms with Crippen molar-refractivity contribution in [3.05, 3.63) is 89.1 Å². The lowest BCUT2D eigenvalue weighted by molar-refractivity contribution is 0.0165. The first-order valence-corrected chi connectivity index (χ1v) is 11.2. The summed E-state index contributed by atoms with van der Waals surface area (Å²) in [6, 6.07) is 16.7. The van der Waals surface area contributed by atoms with Crippen LogP contribution in [0.5, 0.6) is 0 Å². The van der Waals surface area contributed by atoms with Gasteiger partial charge < -0.3 is 14.9 Å². The van der Waals surface area contributed by atoms with Gasteiger partial charge in [0.2, 0.25) is 0 Å². The van der Waals surface area contributed by atoms with Crippen molar-refractivity contribution < 1.29 is 18.8 Å². The molecular formula is C25H31FN4O3. The second kappa shape index (κ2) is 12.2. The van der Waals surface area contributed by atoms with Crippen LogP contribution in [-0.4, -0.2) is 46.4 Å². The third kappa shape index (κ3) is 6.71. The van der Waals surface area contributed by atoms with Crippen LogP contribution in [0.25, 0.3) is 0 Å². The van der Waals surface area contributed by atoms with E-state index in [0.717, 1.165) is 17.7 Å². The number of hydrogen-bond acceptors (Lipinski definition) is 6. The highest BCUT2D eigenvalue weighted by atomic mass is 19.1. The first-order chi connectivity index (χ1) is 16.0. The fourth-order valence-electron chi connectivity index (χ4n) is 3.61. The van der Waals surface area contributed by atoms with Gasteiger partial charge in [0.25, 0.3) is 5.91 Å². The molecule has 8 heteroatoms.